The van der Waals surface area contributed by atoms with Crippen molar-refractivity contribution in [2.75, 3.05) is 12.0 Å². The van der Waals surface area contributed by atoms with Crippen LogP contribution in [0.2, 0.25) is 0 Å². The number of sulfone groups is 1. The van der Waals surface area contributed by atoms with Gasteiger partial charge in [-0.25, -0.2) is 8.42 Å². The van der Waals surface area contributed by atoms with Gasteiger partial charge in [-0.05, 0) is 42.0 Å². The summed E-state index contributed by atoms with van der Waals surface area (Å²) in [7, 11) is -3.33. The molecule has 0 saturated carbocycles. The number of thioether (sulfide) groups is 1. The zero-order valence-electron chi connectivity index (χ0n) is 14.4. The number of amides is 2. The number of rotatable bonds is 6. The molecule has 0 aliphatic heterocycles. The molecule has 0 aromatic heterocycles. The fraction of sp³-hybridized carbons (Fsp3) is 0.167. The van der Waals surface area contributed by atoms with E-state index in [0.29, 0.717) is 11.3 Å². The Bertz CT molecular complexity index is 963. The zero-order valence-corrected chi connectivity index (χ0v) is 16.1. The second-order valence-corrected chi connectivity index (χ2v) is 8.60. The summed E-state index contributed by atoms with van der Waals surface area (Å²) in [6.45, 7) is 0. The van der Waals surface area contributed by atoms with Crippen molar-refractivity contribution in [3.8, 4) is 6.07 Å². The number of hydrogen-bond donors (Lipinski definition) is 2. The van der Waals surface area contributed by atoms with Crippen molar-refractivity contribution in [1.29, 1.82) is 5.26 Å². The van der Waals surface area contributed by atoms with Crippen LogP contribution in [0.3, 0.4) is 0 Å². The molecule has 0 saturated heterocycles. The van der Waals surface area contributed by atoms with Crippen molar-refractivity contribution in [2.45, 2.75) is 10.6 Å². The molecule has 2 amide bonds. The molecule has 0 aliphatic rings. The van der Waals surface area contributed by atoms with Crippen molar-refractivity contribution < 1.29 is 18.0 Å². The molecular weight excluding hydrogens is 386 g/mol. The number of benzene rings is 2. The second-order valence-electron chi connectivity index (χ2n) is 5.60. The maximum Gasteiger partial charge on any atom is 0.269 e. The second kappa shape index (κ2) is 9.21. The normalized spacial score (nSPS) is 10.7. The molecule has 0 heterocycles. The van der Waals surface area contributed by atoms with Gasteiger partial charge in [0.2, 0.25) is 5.91 Å². The Balaban J connectivity index is 1.76. The maximum atomic E-state index is 12.0. The van der Waals surface area contributed by atoms with E-state index in [-0.39, 0.29) is 22.1 Å². The lowest BCUT2D eigenvalue weighted by molar-refractivity contribution is -0.119. The number of carbonyl (C=O) groups is 2. The first-order valence-electron chi connectivity index (χ1n) is 7.75. The van der Waals surface area contributed by atoms with Gasteiger partial charge in [0.15, 0.2) is 9.84 Å². The Morgan fingerprint density at radius 1 is 1.04 bits per heavy atom. The van der Waals surface area contributed by atoms with Crippen LogP contribution >= 0.6 is 11.8 Å². The lowest BCUT2D eigenvalue weighted by Crippen LogP contribution is -2.42. The summed E-state index contributed by atoms with van der Waals surface area (Å²) in [6.07, 6.45) is 1.08. The summed E-state index contributed by atoms with van der Waals surface area (Å²) >= 11 is 1.37. The number of nitrogens with one attached hydrogen (secondary N) is 2. The van der Waals surface area contributed by atoms with Crippen LogP contribution in [0.5, 0.6) is 0 Å². The van der Waals surface area contributed by atoms with E-state index in [4.69, 9.17) is 5.26 Å². The predicted octanol–water partition coefficient (Wildman–Crippen LogP) is 1.66. The molecule has 2 aromatic carbocycles. The van der Waals surface area contributed by atoms with Gasteiger partial charge in [-0.1, -0.05) is 12.1 Å². The van der Waals surface area contributed by atoms with Gasteiger partial charge in [-0.3, -0.25) is 20.4 Å². The van der Waals surface area contributed by atoms with Crippen molar-refractivity contribution >= 4 is 33.4 Å². The van der Waals surface area contributed by atoms with Gasteiger partial charge in [-0.2, -0.15) is 5.26 Å². The Kier molecular flexibility index (Phi) is 6.98. The zero-order chi connectivity index (χ0) is 19.9. The first-order chi connectivity index (χ1) is 12.8. The van der Waals surface area contributed by atoms with Gasteiger partial charge < -0.3 is 0 Å². The van der Waals surface area contributed by atoms with Crippen LogP contribution < -0.4 is 10.9 Å². The van der Waals surface area contributed by atoms with Crippen LogP contribution in [0.25, 0.3) is 0 Å². The van der Waals surface area contributed by atoms with E-state index >= 15 is 0 Å². The quantitative estimate of drug-likeness (QED) is 0.709. The van der Waals surface area contributed by atoms with E-state index in [1.54, 1.807) is 12.1 Å². The van der Waals surface area contributed by atoms with E-state index < -0.39 is 15.7 Å². The van der Waals surface area contributed by atoms with Crippen molar-refractivity contribution in [3.63, 3.8) is 0 Å². The predicted molar refractivity (Wildman–Crippen MR) is 102 cm³/mol. The van der Waals surface area contributed by atoms with Gasteiger partial charge in [0, 0.05) is 17.6 Å². The SMILES string of the molecule is CS(=O)(=O)c1ccc(C(=O)NNC(=O)CSCc2ccc(C#N)cc2)cc1. The number of hydrogen-bond acceptors (Lipinski definition) is 6. The lowest BCUT2D eigenvalue weighted by atomic mass is 10.2. The minimum Gasteiger partial charge on any atom is -0.272 e. The molecule has 2 rings (SSSR count). The van der Waals surface area contributed by atoms with Crippen LogP contribution in [0.15, 0.2) is 53.4 Å². The highest BCUT2D eigenvalue weighted by atomic mass is 32.2. The largest absolute Gasteiger partial charge is 0.272 e. The minimum absolute atomic E-state index is 0.113. The summed E-state index contributed by atoms with van der Waals surface area (Å²) < 4.78 is 22.8. The molecule has 0 unspecified atom stereocenters. The Hall–Kier alpha value is -2.83. The van der Waals surface area contributed by atoms with Gasteiger partial charge in [0.1, 0.15) is 0 Å². The fourth-order valence-corrected chi connectivity index (χ4v) is 3.44. The molecule has 140 valence electrons. The van der Waals surface area contributed by atoms with Crippen LogP contribution in [-0.4, -0.2) is 32.2 Å². The first-order valence-corrected chi connectivity index (χ1v) is 10.8. The third kappa shape index (κ3) is 6.44. The molecule has 0 radical (unpaired) electrons. The van der Waals surface area contributed by atoms with Crippen LogP contribution in [0.1, 0.15) is 21.5 Å². The molecule has 0 bridgehead atoms. The third-order valence-corrected chi connectivity index (χ3v) is 5.58. The Labute approximate surface area is 161 Å². The molecule has 2 N–H and O–H groups in total. The minimum atomic E-state index is -3.33. The average molecular weight is 403 g/mol. The van der Waals surface area contributed by atoms with Gasteiger partial charge in [0.25, 0.3) is 5.91 Å². The highest BCUT2D eigenvalue weighted by molar-refractivity contribution is 7.99. The van der Waals surface area contributed by atoms with Gasteiger partial charge in [0.05, 0.1) is 22.3 Å². The summed E-state index contributed by atoms with van der Waals surface area (Å²) in [5.41, 5.74) is 6.39. The van der Waals surface area contributed by atoms with Gasteiger partial charge >= 0.3 is 0 Å². The summed E-state index contributed by atoms with van der Waals surface area (Å²) in [6, 6.07) is 14.5. The topological polar surface area (TPSA) is 116 Å². The van der Waals surface area contributed by atoms with Crippen LogP contribution in [0, 0.1) is 11.3 Å². The molecule has 0 spiro atoms. The van der Waals surface area contributed by atoms with Crippen molar-refractivity contribution in [3.05, 3.63) is 65.2 Å². The highest BCUT2D eigenvalue weighted by Gasteiger charge is 2.10. The van der Waals surface area contributed by atoms with E-state index in [1.807, 2.05) is 18.2 Å². The molecule has 0 fully saturated rings. The van der Waals surface area contributed by atoms with E-state index in [9.17, 15) is 18.0 Å². The monoisotopic (exact) mass is 403 g/mol. The molecule has 9 heteroatoms. The summed E-state index contributed by atoms with van der Waals surface area (Å²) in [4.78, 5) is 23.9. The molecular formula is C18H17N3O4S2. The highest BCUT2D eigenvalue weighted by Crippen LogP contribution is 2.13. The summed E-state index contributed by atoms with van der Waals surface area (Å²) in [5.74, 6) is -0.164. The lowest BCUT2D eigenvalue weighted by Gasteiger charge is -2.08. The number of nitriles is 1. The molecule has 0 atom stereocenters. The smallest absolute Gasteiger partial charge is 0.269 e. The Morgan fingerprint density at radius 2 is 1.67 bits per heavy atom. The van der Waals surface area contributed by atoms with E-state index in [1.165, 1.54) is 36.0 Å². The van der Waals surface area contributed by atoms with E-state index in [0.717, 1.165) is 11.8 Å². The van der Waals surface area contributed by atoms with Crippen LogP contribution in [-0.2, 0) is 20.4 Å². The van der Waals surface area contributed by atoms with Crippen molar-refractivity contribution in [1.82, 2.24) is 10.9 Å². The van der Waals surface area contributed by atoms with Crippen molar-refractivity contribution in [2.24, 2.45) is 0 Å². The number of nitrogens with zero attached hydrogens (tertiary/aromatic N) is 1. The van der Waals surface area contributed by atoms with Crippen LogP contribution in [0.4, 0.5) is 0 Å². The average Bonchev–Trinajstić information content (AvgIpc) is 2.66. The van der Waals surface area contributed by atoms with E-state index in [2.05, 4.69) is 10.9 Å². The fourth-order valence-electron chi connectivity index (χ4n) is 2.03. The number of carbonyl (C=O) groups excluding carboxylic acids is 2. The standard InChI is InChI=1S/C18H17N3O4S2/c1-27(24,25)16-8-6-15(7-9-16)18(23)21-20-17(22)12-26-11-14-4-2-13(10-19)3-5-14/h2-9H,11-12H2,1H3,(H,20,22)(H,21,23). The molecule has 27 heavy (non-hydrogen) atoms. The maximum absolute atomic E-state index is 12.0. The van der Waals surface area contributed by atoms with Gasteiger partial charge in [-0.15, -0.1) is 11.8 Å². The third-order valence-electron chi connectivity index (χ3n) is 3.45. The first kappa shape index (κ1) is 20.5. The summed E-state index contributed by atoms with van der Waals surface area (Å²) in [5, 5.41) is 8.74. The molecule has 2 aromatic rings. The Morgan fingerprint density at radius 3 is 2.22 bits per heavy atom. The molecule has 0 aliphatic carbocycles. The number of hydrazine groups is 1. The molecule has 7 nitrogen and oxygen atoms in total.